The predicted molar refractivity (Wildman–Crippen MR) is 85.0 cm³/mol. The van der Waals surface area contributed by atoms with E-state index in [9.17, 15) is 14.0 Å². The molecule has 0 aliphatic heterocycles. The molecule has 2 N–H and O–H groups in total. The molecule has 0 aliphatic rings. The molecule has 5 heteroatoms. The van der Waals surface area contributed by atoms with Crippen LogP contribution in [0.2, 0.25) is 0 Å². The van der Waals surface area contributed by atoms with Crippen LogP contribution in [0.1, 0.15) is 50.4 Å². The number of amides is 2. The Morgan fingerprint density at radius 1 is 1.18 bits per heavy atom. The maximum Gasteiger partial charge on any atom is 0.254 e. The van der Waals surface area contributed by atoms with Crippen LogP contribution in [0.4, 0.5) is 4.39 Å². The van der Waals surface area contributed by atoms with Crippen LogP contribution in [0.3, 0.4) is 0 Å². The maximum absolute atomic E-state index is 13.6. The lowest BCUT2D eigenvalue weighted by Gasteiger charge is -2.22. The van der Waals surface area contributed by atoms with E-state index in [1.54, 1.807) is 6.07 Å². The third-order valence-electron chi connectivity index (χ3n) is 3.43. The highest BCUT2D eigenvalue weighted by molar-refractivity contribution is 5.97. The van der Waals surface area contributed by atoms with Crippen molar-refractivity contribution < 1.29 is 14.0 Å². The molecular formula is C17H25FN2O2. The lowest BCUT2D eigenvalue weighted by molar-refractivity contribution is -0.123. The lowest BCUT2D eigenvalue weighted by Crippen LogP contribution is -2.50. The van der Waals surface area contributed by atoms with Crippen molar-refractivity contribution in [3.8, 4) is 0 Å². The van der Waals surface area contributed by atoms with Crippen molar-refractivity contribution in [1.82, 2.24) is 10.6 Å². The molecule has 1 rings (SSSR count). The van der Waals surface area contributed by atoms with Crippen molar-refractivity contribution in [3.05, 3.63) is 35.6 Å². The van der Waals surface area contributed by atoms with Gasteiger partial charge in [0.05, 0.1) is 5.56 Å². The monoisotopic (exact) mass is 308 g/mol. The largest absolute Gasteiger partial charge is 0.354 e. The van der Waals surface area contributed by atoms with Gasteiger partial charge >= 0.3 is 0 Å². The molecule has 0 saturated heterocycles. The van der Waals surface area contributed by atoms with E-state index in [0.29, 0.717) is 6.54 Å². The number of nitrogens with one attached hydrogen (secondary N) is 2. The molecule has 1 unspecified atom stereocenters. The number of unbranched alkanes of at least 4 members (excludes halogenated alkanes) is 2. The van der Waals surface area contributed by atoms with E-state index >= 15 is 0 Å². The fourth-order valence-electron chi connectivity index (χ4n) is 2.10. The van der Waals surface area contributed by atoms with E-state index in [0.717, 1.165) is 19.3 Å². The van der Waals surface area contributed by atoms with Crippen LogP contribution >= 0.6 is 0 Å². The van der Waals surface area contributed by atoms with Gasteiger partial charge in [0.2, 0.25) is 5.91 Å². The SMILES string of the molecule is CCCCCNC(=O)C(NC(=O)c1ccccc1F)C(C)C. The molecule has 1 atom stereocenters. The summed E-state index contributed by atoms with van der Waals surface area (Å²) in [6.45, 7) is 6.37. The van der Waals surface area contributed by atoms with Crippen molar-refractivity contribution in [2.45, 2.75) is 46.1 Å². The zero-order chi connectivity index (χ0) is 16.5. The molecule has 0 bridgehead atoms. The van der Waals surface area contributed by atoms with E-state index < -0.39 is 17.8 Å². The first-order chi connectivity index (χ1) is 10.5. The van der Waals surface area contributed by atoms with Crippen LogP contribution in [0, 0.1) is 11.7 Å². The molecule has 0 radical (unpaired) electrons. The molecule has 0 fully saturated rings. The number of carbonyl (C=O) groups excluding carboxylic acids is 2. The number of carbonyl (C=O) groups is 2. The van der Waals surface area contributed by atoms with Crippen molar-refractivity contribution in [3.63, 3.8) is 0 Å². The highest BCUT2D eigenvalue weighted by Gasteiger charge is 2.25. The van der Waals surface area contributed by atoms with Gasteiger partial charge in [-0.25, -0.2) is 4.39 Å². The van der Waals surface area contributed by atoms with Gasteiger partial charge in [0, 0.05) is 6.54 Å². The topological polar surface area (TPSA) is 58.2 Å². The summed E-state index contributed by atoms with van der Waals surface area (Å²) in [5.74, 6) is -1.47. The van der Waals surface area contributed by atoms with Gasteiger partial charge < -0.3 is 10.6 Å². The number of rotatable bonds is 8. The Hall–Kier alpha value is -1.91. The fraction of sp³-hybridized carbons (Fsp3) is 0.529. The Kier molecular flexibility index (Phi) is 7.57. The Bertz CT molecular complexity index is 503. The quantitative estimate of drug-likeness (QED) is 0.726. The van der Waals surface area contributed by atoms with Gasteiger partial charge in [-0.3, -0.25) is 9.59 Å². The molecule has 122 valence electrons. The molecule has 0 aromatic heterocycles. The van der Waals surface area contributed by atoms with E-state index in [2.05, 4.69) is 17.6 Å². The summed E-state index contributed by atoms with van der Waals surface area (Å²) in [5, 5.41) is 5.45. The molecular weight excluding hydrogens is 283 g/mol. The first kappa shape index (κ1) is 18.1. The second-order valence-electron chi connectivity index (χ2n) is 5.67. The molecule has 22 heavy (non-hydrogen) atoms. The second kappa shape index (κ2) is 9.18. The summed E-state index contributed by atoms with van der Waals surface area (Å²) in [6, 6.07) is 5.07. The molecule has 4 nitrogen and oxygen atoms in total. The molecule has 1 aromatic rings. The van der Waals surface area contributed by atoms with Crippen molar-refractivity contribution in [2.75, 3.05) is 6.54 Å². The van der Waals surface area contributed by atoms with Gasteiger partial charge in [-0.05, 0) is 24.5 Å². The molecule has 1 aromatic carbocycles. The summed E-state index contributed by atoms with van der Waals surface area (Å²) in [6.07, 6.45) is 3.04. The summed E-state index contributed by atoms with van der Waals surface area (Å²) < 4.78 is 13.6. The number of halogens is 1. The van der Waals surface area contributed by atoms with Gasteiger partial charge in [-0.15, -0.1) is 0 Å². The fourth-order valence-corrected chi connectivity index (χ4v) is 2.10. The summed E-state index contributed by atoms with van der Waals surface area (Å²) in [5.41, 5.74) is -0.0491. The van der Waals surface area contributed by atoms with E-state index in [1.807, 2.05) is 13.8 Å². The zero-order valence-corrected chi connectivity index (χ0v) is 13.5. The van der Waals surface area contributed by atoms with Crippen LogP contribution in [-0.4, -0.2) is 24.4 Å². The normalized spacial score (nSPS) is 12.0. The Balaban J connectivity index is 2.66. The number of hydrogen-bond acceptors (Lipinski definition) is 2. The van der Waals surface area contributed by atoms with Gasteiger partial charge in [0.15, 0.2) is 0 Å². The highest BCUT2D eigenvalue weighted by Crippen LogP contribution is 2.09. The maximum atomic E-state index is 13.6. The minimum absolute atomic E-state index is 0.0491. The van der Waals surface area contributed by atoms with Gasteiger partial charge in [-0.1, -0.05) is 45.7 Å². The van der Waals surface area contributed by atoms with Crippen LogP contribution < -0.4 is 10.6 Å². The van der Waals surface area contributed by atoms with E-state index in [-0.39, 0.29) is 17.4 Å². The standard InChI is InChI=1S/C17H25FN2O2/c1-4-5-8-11-19-17(22)15(12(2)3)20-16(21)13-9-6-7-10-14(13)18/h6-7,9-10,12,15H,4-5,8,11H2,1-3H3,(H,19,22)(H,20,21). The third-order valence-corrected chi connectivity index (χ3v) is 3.43. The molecule has 0 saturated carbocycles. The van der Waals surface area contributed by atoms with Crippen molar-refractivity contribution in [1.29, 1.82) is 0 Å². The molecule has 0 heterocycles. The first-order valence-corrected chi connectivity index (χ1v) is 7.80. The van der Waals surface area contributed by atoms with Gasteiger partial charge in [-0.2, -0.15) is 0 Å². The van der Waals surface area contributed by atoms with Crippen molar-refractivity contribution >= 4 is 11.8 Å². The summed E-state index contributed by atoms with van der Waals surface area (Å²) >= 11 is 0. The smallest absolute Gasteiger partial charge is 0.254 e. The Morgan fingerprint density at radius 3 is 2.45 bits per heavy atom. The minimum Gasteiger partial charge on any atom is -0.354 e. The van der Waals surface area contributed by atoms with Gasteiger partial charge in [0.25, 0.3) is 5.91 Å². The van der Waals surface area contributed by atoms with Crippen LogP contribution in [-0.2, 0) is 4.79 Å². The average Bonchev–Trinajstić information content (AvgIpc) is 2.49. The summed E-state index contributed by atoms with van der Waals surface area (Å²) in [7, 11) is 0. The first-order valence-electron chi connectivity index (χ1n) is 7.80. The third kappa shape index (κ3) is 5.47. The second-order valence-corrected chi connectivity index (χ2v) is 5.67. The predicted octanol–water partition coefficient (Wildman–Crippen LogP) is 2.89. The molecule has 0 aliphatic carbocycles. The highest BCUT2D eigenvalue weighted by atomic mass is 19.1. The minimum atomic E-state index is -0.672. The lowest BCUT2D eigenvalue weighted by atomic mass is 10.0. The summed E-state index contributed by atoms with van der Waals surface area (Å²) in [4.78, 5) is 24.3. The molecule has 2 amide bonds. The zero-order valence-electron chi connectivity index (χ0n) is 13.5. The van der Waals surface area contributed by atoms with Crippen LogP contribution in [0.25, 0.3) is 0 Å². The Labute approximate surface area is 131 Å². The van der Waals surface area contributed by atoms with Crippen LogP contribution in [0.5, 0.6) is 0 Å². The number of benzene rings is 1. The van der Waals surface area contributed by atoms with E-state index in [4.69, 9.17) is 0 Å². The van der Waals surface area contributed by atoms with Crippen LogP contribution in [0.15, 0.2) is 24.3 Å². The number of hydrogen-bond donors (Lipinski definition) is 2. The van der Waals surface area contributed by atoms with Crippen molar-refractivity contribution in [2.24, 2.45) is 5.92 Å². The Morgan fingerprint density at radius 2 is 1.86 bits per heavy atom. The molecule has 0 spiro atoms. The van der Waals surface area contributed by atoms with Gasteiger partial charge in [0.1, 0.15) is 11.9 Å². The average molecular weight is 308 g/mol. The van der Waals surface area contributed by atoms with E-state index in [1.165, 1.54) is 18.2 Å².